The lowest BCUT2D eigenvalue weighted by Gasteiger charge is -2.08. The number of hydrogen-bond acceptors (Lipinski definition) is 8. The van der Waals surface area contributed by atoms with E-state index < -0.39 is 11.9 Å². The maximum absolute atomic E-state index is 12.1. The van der Waals surface area contributed by atoms with Crippen LogP contribution in [0.3, 0.4) is 0 Å². The molecule has 0 atom stereocenters. The normalized spacial score (nSPS) is 10.4. The molecule has 154 valence electrons. The molecule has 2 heterocycles. The summed E-state index contributed by atoms with van der Waals surface area (Å²) in [4.78, 5) is 44.3. The van der Waals surface area contributed by atoms with E-state index in [2.05, 4.69) is 40.9 Å². The lowest BCUT2D eigenvalue weighted by Crippen LogP contribution is -2.24. The van der Waals surface area contributed by atoms with Crippen molar-refractivity contribution in [3.8, 4) is 0 Å². The van der Waals surface area contributed by atoms with Gasteiger partial charge in [0.25, 0.3) is 0 Å². The first-order valence-corrected chi connectivity index (χ1v) is 9.71. The lowest BCUT2D eigenvalue weighted by atomic mass is 10.3. The van der Waals surface area contributed by atoms with Crippen molar-refractivity contribution < 1.29 is 14.4 Å². The van der Waals surface area contributed by atoms with Crippen LogP contribution in [0.5, 0.6) is 0 Å². The van der Waals surface area contributed by atoms with E-state index in [9.17, 15) is 9.59 Å². The van der Waals surface area contributed by atoms with Gasteiger partial charge in [-0.15, -0.1) is 0 Å². The monoisotopic (exact) mass is 465 g/mol. The zero-order chi connectivity index (χ0) is 21.5. The van der Waals surface area contributed by atoms with Gasteiger partial charge in [-0.05, 0) is 42.1 Å². The highest BCUT2D eigenvalue weighted by Crippen LogP contribution is 2.25. The van der Waals surface area contributed by atoms with Gasteiger partial charge in [0.2, 0.25) is 5.82 Å². The minimum Gasteiger partial charge on any atom is -0.308 e. The number of carbonyl (C=O) groups is 2. The molecule has 30 heavy (non-hydrogen) atoms. The molecular weight excluding hydrogens is 453 g/mol. The fraction of sp³-hybridized carbons (Fsp3) is 0.0588. The first kappa shape index (κ1) is 21.7. The van der Waals surface area contributed by atoms with Crippen molar-refractivity contribution in [2.75, 3.05) is 17.7 Å². The van der Waals surface area contributed by atoms with Crippen LogP contribution in [-0.4, -0.2) is 39.0 Å². The average Bonchev–Trinajstić information content (AvgIpc) is 2.72. The van der Waals surface area contributed by atoms with Crippen molar-refractivity contribution in [3.05, 3.63) is 58.7 Å². The molecule has 13 heteroatoms. The van der Waals surface area contributed by atoms with Crippen LogP contribution < -0.4 is 16.1 Å². The minimum absolute atomic E-state index is 0.0911. The van der Waals surface area contributed by atoms with Crippen molar-refractivity contribution in [1.29, 1.82) is 0 Å². The van der Waals surface area contributed by atoms with Crippen LogP contribution in [0, 0.1) is 0 Å². The molecule has 0 saturated carbocycles. The van der Waals surface area contributed by atoms with Crippen molar-refractivity contribution in [2.45, 2.75) is 10.2 Å². The second kappa shape index (κ2) is 10.2. The molecule has 0 bridgehead atoms. The van der Waals surface area contributed by atoms with Gasteiger partial charge in [0.15, 0.2) is 5.16 Å². The summed E-state index contributed by atoms with van der Waals surface area (Å²) < 4.78 is 0. The minimum atomic E-state index is -0.595. The van der Waals surface area contributed by atoms with Crippen LogP contribution in [0.2, 0.25) is 10.0 Å². The number of amides is 3. The Bertz CT molecular complexity index is 1070. The van der Waals surface area contributed by atoms with Gasteiger partial charge in [0.05, 0.1) is 29.0 Å². The molecule has 1 aromatic carbocycles. The smallest absolute Gasteiger partial charge is 0.308 e. The number of nitrogens with one attached hydrogen (secondary N) is 3. The van der Waals surface area contributed by atoms with E-state index >= 15 is 0 Å². The lowest BCUT2D eigenvalue weighted by molar-refractivity contribution is 0.0525. The Balaban J connectivity index is 1.59. The number of anilines is 2. The van der Waals surface area contributed by atoms with Gasteiger partial charge in [-0.3, -0.25) is 9.63 Å². The fourth-order valence-electron chi connectivity index (χ4n) is 2.05. The third-order valence-corrected chi connectivity index (χ3v) is 4.88. The number of urea groups is 1. The van der Waals surface area contributed by atoms with Crippen molar-refractivity contribution in [1.82, 2.24) is 25.4 Å². The molecule has 0 spiro atoms. The zero-order valence-electron chi connectivity index (χ0n) is 15.2. The predicted octanol–water partition coefficient (Wildman–Crippen LogP) is 3.66. The van der Waals surface area contributed by atoms with Crippen LogP contribution in [0.4, 0.5) is 16.2 Å². The Morgan fingerprint density at radius 1 is 1.00 bits per heavy atom. The Morgan fingerprint density at radius 2 is 1.77 bits per heavy atom. The Morgan fingerprint density at radius 3 is 2.47 bits per heavy atom. The summed E-state index contributed by atoms with van der Waals surface area (Å²) >= 11 is 12.9. The van der Waals surface area contributed by atoms with E-state index in [0.717, 1.165) is 11.8 Å². The van der Waals surface area contributed by atoms with Gasteiger partial charge in [-0.2, -0.15) is 4.98 Å². The molecule has 0 radical (unpaired) electrons. The van der Waals surface area contributed by atoms with Crippen molar-refractivity contribution in [3.63, 3.8) is 0 Å². The molecule has 0 fully saturated rings. The molecule has 3 amide bonds. The first-order valence-electron chi connectivity index (χ1n) is 8.14. The molecule has 0 saturated heterocycles. The SMILES string of the molecule is CONC(=O)c1ncnc(Sc2ccc(NC(=O)Nc3ccc(Cl)c(Cl)c3)cn2)n1. The van der Waals surface area contributed by atoms with Gasteiger partial charge >= 0.3 is 11.9 Å². The standard InChI is InChI=1S/C17H13Cl2N7O3S/c1-29-26-15(27)14-21-8-22-17(25-14)30-13-5-3-10(7-20-13)24-16(28)23-9-2-4-11(18)12(19)6-9/h2-8H,1H3,(H,26,27)(H2,23,24,28). The molecule has 0 aliphatic carbocycles. The van der Waals surface area contributed by atoms with Crippen molar-refractivity contribution in [2.24, 2.45) is 0 Å². The summed E-state index contributed by atoms with van der Waals surface area (Å²) in [7, 11) is 1.30. The summed E-state index contributed by atoms with van der Waals surface area (Å²) in [6.07, 6.45) is 2.68. The van der Waals surface area contributed by atoms with Crippen molar-refractivity contribution >= 4 is 58.3 Å². The van der Waals surface area contributed by atoms with E-state index in [4.69, 9.17) is 23.2 Å². The van der Waals surface area contributed by atoms with Crippen LogP contribution >= 0.6 is 35.0 Å². The predicted molar refractivity (Wildman–Crippen MR) is 112 cm³/mol. The number of nitrogens with zero attached hydrogens (tertiary/aromatic N) is 4. The molecule has 0 unspecified atom stereocenters. The highest BCUT2D eigenvalue weighted by molar-refractivity contribution is 7.99. The maximum atomic E-state index is 12.1. The third kappa shape index (κ3) is 6.00. The van der Waals surface area contributed by atoms with E-state index in [1.165, 1.54) is 25.7 Å². The third-order valence-electron chi connectivity index (χ3n) is 3.32. The maximum Gasteiger partial charge on any atom is 0.323 e. The van der Waals surface area contributed by atoms with Crippen LogP contribution in [-0.2, 0) is 4.84 Å². The highest BCUT2D eigenvalue weighted by Gasteiger charge is 2.12. The van der Waals surface area contributed by atoms with E-state index in [0.29, 0.717) is 26.4 Å². The topological polar surface area (TPSA) is 131 Å². The number of carbonyl (C=O) groups excluding carboxylic acids is 2. The summed E-state index contributed by atoms with van der Waals surface area (Å²) in [5, 5.41) is 6.84. The number of pyridine rings is 1. The summed E-state index contributed by atoms with van der Waals surface area (Å²) in [6, 6.07) is 7.60. The molecule has 3 rings (SSSR count). The van der Waals surface area contributed by atoms with Gasteiger partial charge in [-0.1, -0.05) is 23.2 Å². The number of hydroxylamine groups is 1. The zero-order valence-corrected chi connectivity index (χ0v) is 17.5. The number of aromatic nitrogens is 4. The van der Waals surface area contributed by atoms with Gasteiger partial charge in [0, 0.05) is 5.69 Å². The summed E-state index contributed by atoms with van der Waals surface area (Å²) in [5.74, 6) is -0.686. The Labute approximate surface area is 184 Å². The quantitative estimate of drug-likeness (QED) is 0.469. The van der Waals surface area contributed by atoms with Crippen LogP contribution in [0.25, 0.3) is 0 Å². The summed E-state index contributed by atoms with van der Waals surface area (Å²) in [5.41, 5.74) is 3.08. The Hall–Kier alpha value is -2.99. The molecular formula is C17H13Cl2N7O3S. The van der Waals surface area contributed by atoms with Gasteiger partial charge in [-0.25, -0.2) is 25.2 Å². The molecule has 10 nitrogen and oxygen atoms in total. The number of rotatable bonds is 6. The second-order valence-electron chi connectivity index (χ2n) is 5.42. The van der Waals surface area contributed by atoms with E-state index in [1.54, 1.807) is 24.3 Å². The molecule has 0 aliphatic rings. The second-order valence-corrected chi connectivity index (χ2v) is 7.22. The fourth-order valence-corrected chi connectivity index (χ4v) is 3.01. The molecule has 3 aromatic rings. The first-order chi connectivity index (χ1) is 14.4. The van der Waals surface area contributed by atoms with E-state index in [-0.39, 0.29) is 11.0 Å². The Kier molecular flexibility index (Phi) is 7.36. The van der Waals surface area contributed by atoms with Crippen LogP contribution in [0.1, 0.15) is 10.6 Å². The van der Waals surface area contributed by atoms with Gasteiger partial charge in [0.1, 0.15) is 11.4 Å². The molecule has 0 aliphatic heterocycles. The summed E-state index contributed by atoms with van der Waals surface area (Å²) in [6.45, 7) is 0. The number of benzene rings is 1. The highest BCUT2D eigenvalue weighted by atomic mass is 35.5. The number of halogens is 2. The largest absolute Gasteiger partial charge is 0.323 e. The number of hydrogen-bond donors (Lipinski definition) is 3. The molecule has 3 N–H and O–H groups in total. The van der Waals surface area contributed by atoms with Gasteiger partial charge < -0.3 is 10.6 Å². The van der Waals surface area contributed by atoms with E-state index in [1.807, 2.05) is 0 Å². The van der Waals surface area contributed by atoms with Crippen LogP contribution in [0.15, 0.2) is 53.0 Å². The average molecular weight is 466 g/mol. The molecule has 2 aromatic heterocycles.